The molecular formula is C17H18BrNO2. The standard InChI is InChI=1S/C17H18BrNO2/c1-13-6-3-4-9-16(13)21-11-10-19(2)17(20)14-7-5-8-15(18)12-14/h3-9,12H,10-11H2,1-2H3. The average molecular weight is 348 g/mol. The molecule has 2 aromatic carbocycles. The zero-order chi connectivity index (χ0) is 15.2. The Morgan fingerprint density at radius 3 is 2.67 bits per heavy atom. The molecule has 0 saturated heterocycles. The van der Waals surface area contributed by atoms with E-state index in [4.69, 9.17) is 4.74 Å². The van der Waals surface area contributed by atoms with Crippen LogP contribution in [0.1, 0.15) is 15.9 Å². The quantitative estimate of drug-likeness (QED) is 0.820. The Balaban J connectivity index is 1.89. The molecule has 0 aliphatic carbocycles. The van der Waals surface area contributed by atoms with Gasteiger partial charge in [-0.15, -0.1) is 0 Å². The molecular weight excluding hydrogens is 330 g/mol. The van der Waals surface area contributed by atoms with Gasteiger partial charge in [-0.25, -0.2) is 0 Å². The van der Waals surface area contributed by atoms with Gasteiger partial charge in [0.15, 0.2) is 0 Å². The summed E-state index contributed by atoms with van der Waals surface area (Å²) in [6, 6.07) is 15.3. The van der Waals surface area contributed by atoms with Crippen molar-refractivity contribution in [2.75, 3.05) is 20.2 Å². The van der Waals surface area contributed by atoms with Crippen LogP contribution in [0.5, 0.6) is 5.75 Å². The molecule has 0 aromatic heterocycles. The largest absolute Gasteiger partial charge is 0.491 e. The zero-order valence-electron chi connectivity index (χ0n) is 12.2. The van der Waals surface area contributed by atoms with E-state index < -0.39 is 0 Å². The average Bonchev–Trinajstić information content (AvgIpc) is 2.48. The summed E-state index contributed by atoms with van der Waals surface area (Å²) in [5.74, 6) is 0.852. The van der Waals surface area contributed by atoms with Crippen molar-refractivity contribution in [3.63, 3.8) is 0 Å². The molecule has 3 nitrogen and oxygen atoms in total. The van der Waals surface area contributed by atoms with Crippen LogP contribution in [-0.4, -0.2) is 31.0 Å². The molecule has 2 aromatic rings. The number of carbonyl (C=O) groups excluding carboxylic acids is 1. The number of rotatable bonds is 5. The maximum absolute atomic E-state index is 12.3. The molecule has 110 valence electrons. The molecule has 21 heavy (non-hydrogen) atoms. The highest BCUT2D eigenvalue weighted by molar-refractivity contribution is 9.10. The summed E-state index contributed by atoms with van der Waals surface area (Å²) >= 11 is 3.38. The maximum atomic E-state index is 12.3. The molecule has 0 unspecified atom stereocenters. The van der Waals surface area contributed by atoms with Gasteiger partial charge in [-0.3, -0.25) is 4.79 Å². The second kappa shape index (κ2) is 7.27. The second-order valence-electron chi connectivity index (χ2n) is 4.85. The second-order valence-corrected chi connectivity index (χ2v) is 5.77. The summed E-state index contributed by atoms with van der Waals surface area (Å²) in [6.07, 6.45) is 0. The lowest BCUT2D eigenvalue weighted by Crippen LogP contribution is -2.30. The first kappa shape index (κ1) is 15.6. The highest BCUT2D eigenvalue weighted by atomic mass is 79.9. The molecule has 0 heterocycles. The van der Waals surface area contributed by atoms with E-state index in [1.54, 1.807) is 11.9 Å². The van der Waals surface area contributed by atoms with Gasteiger partial charge >= 0.3 is 0 Å². The molecule has 0 N–H and O–H groups in total. The zero-order valence-corrected chi connectivity index (χ0v) is 13.8. The Morgan fingerprint density at radius 1 is 1.19 bits per heavy atom. The van der Waals surface area contributed by atoms with E-state index in [1.807, 2.05) is 55.5 Å². The van der Waals surface area contributed by atoms with Crippen LogP contribution in [0.25, 0.3) is 0 Å². The van der Waals surface area contributed by atoms with Gasteiger partial charge in [-0.05, 0) is 36.8 Å². The maximum Gasteiger partial charge on any atom is 0.253 e. The van der Waals surface area contributed by atoms with Crippen LogP contribution in [0.2, 0.25) is 0 Å². The Bertz CT molecular complexity index is 628. The van der Waals surface area contributed by atoms with E-state index >= 15 is 0 Å². The van der Waals surface area contributed by atoms with Gasteiger partial charge < -0.3 is 9.64 Å². The van der Waals surface area contributed by atoms with E-state index in [-0.39, 0.29) is 5.91 Å². The third-order valence-electron chi connectivity index (χ3n) is 3.20. The fraction of sp³-hybridized carbons (Fsp3) is 0.235. The molecule has 0 saturated carbocycles. The van der Waals surface area contributed by atoms with Crippen molar-refractivity contribution < 1.29 is 9.53 Å². The summed E-state index contributed by atoms with van der Waals surface area (Å²) in [5.41, 5.74) is 1.77. The molecule has 4 heteroatoms. The minimum atomic E-state index is -0.00955. The molecule has 0 radical (unpaired) electrons. The van der Waals surface area contributed by atoms with Crippen molar-refractivity contribution in [1.29, 1.82) is 0 Å². The number of para-hydroxylation sites is 1. The van der Waals surface area contributed by atoms with Gasteiger partial charge in [0.1, 0.15) is 12.4 Å². The number of benzene rings is 2. The lowest BCUT2D eigenvalue weighted by Gasteiger charge is -2.18. The number of carbonyl (C=O) groups is 1. The van der Waals surface area contributed by atoms with E-state index in [1.165, 1.54) is 0 Å². The van der Waals surface area contributed by atoms with Crippen molar-refractivity contribution in [2.45, 2.75) is 6.92 Å². The van der Waals surface area contributed by atoms with Gasteiger partial charge in [0.2, 0.25) is 0 Å². The van der Waals surface area contributed by atoms with E-state index in [0.717, 1.165) is 15.8 Å². The van der Waals surface area contributed by atoms with Crippen LogP contribution in [-0.2, 0) is 0 Å². The van der Waals surface area contributed by atoms with Crippen LogP contribution in [0.3, 0.4) is 0 Å². The predicted molar refractivity (Wildman–Crippen MR) is 87.8 cm³/mol. The van der Waals surface area contributed by atoms with Gasteiger partial charge in [0.05, 0.1) is 6.54 Å². The van der Waals surface area contributed by atoms with Crippen molar-refractivity contribution in [3.8, 4) is 5.75 Å². The minimum Gasteiger partial charge on any atom is -0.491 e. The van der Waals surface area contributed by atoms with E-state index in [0.29, 0.717) is 18.7 Å². The normalized spacial score (nSPS) is 10.2. The monoisotopic (exact) mass is 347 g/mol. The lowest BCUT2D eigenvalue weighted by molar-refractivity contribution is 0.0773. The lowest BCUT2D eigenvalue weighted by atomic mass is 10.2. The van der Waals surface area contributed by atoms with Crippen LogP contribution in [0.15, 0.2) is 53.0 Å². The number of nitrogens with zero attached hydrogens (tertiary/aromatic N) is 1. The van der Waals surface area contributed by atoms with Crippen LogP contribution in [0, 0.1) is 6.92 Å². The van der Waals surface area contributed by atoms with Crippen molar-refractivity contribution >= 4 is 21.8 Å². The van der Waals surface area contributed by atoms with Crippen molar-refractivity contribution in [2.24, 2.45) is 0 Å². The van der Waals surface area contributed by atoms with E-state index in [9.17, 15) is 4.79 Å². The minimum absolute atomic E-state index is 0.00955. The van der Waals surface area contributed by atoms with E-state index in [2.05, 4.69) is 15.9 Å². The first-order chi connectivity index (χ1) is 10.1. The molecule has 0 aliphatic rings. The number of hydrogen-bond acceptors (Lipinski definition) is 2. The number of likely N-dealkylation sites (N-methyl/N-ethyl adjacent to an activating group) is 1. The highest BCUT2D eigenvalue weighted by Gasteiger charge is 2.11. The topological polar surface area (TPSA) is 29.5 Å². The van der Waals surface area contributed by atoms with Gasteiger partial charge in [-0.1, -0.05) is 40.2 Å². The number of hydrogen-bond donors (Lipinski definition) is 0. The molecule has 1 amide bonds. The first-order valence-electron chi connectivity index (χ1n) is 6.77. The third kappa shape index (κ3) is 4.33. The predicted octanol–water partition coefficient (Wildman–Crippen LogP) is 3.91. The number of aryl methyl sites for hydroxylation is 1. The Labute approximate surface area is 133 Å². The van der Waals surface area contributed by atoms with Gasteiger partial charge in [-0.2, -0.15) is 0 Å². The van der Waals surface area contributed by atoms with Crippen molar-refractivity contribution in [3.05, 3.63) is 64.1 Å². The smallest absolute Gasteiger partial charge is 0.253 e. The summed E-state index contributed by atoms with van der Waals surface area (Å²) in [6.45, 7) is 3.02. The van der Waals surface area contributed by atoms with Crippen LogP contribution >= 0.6 is 15.9 Å². The van der Waals surface area contributed by atoms with Gasteiger partial charge in [0, 0.05) is 17.1 Å². The summed E-state index contributed by atoms with van der Waals surface area (Å²) in [5, 5.41) is 0. The van der Waals surface area contributed by atoms with Crippen LogP contribution in [0.4, 0.5) is 0 Å². The highest BCUT2D eigenvalue weighted by Crippen LogP contribution is 2.16. The van der Waals surface area contributed by atoms with Crippen molar-refractivity contribution in [1.82, 2.24) is 4.90 Å². The molecule has 0 spiro atoms. The molecule has 2 rings (SSSR count). The summed E-state index contributed by atoms with van der Waals surface area (Å²) in [4.78, 5) is 13.9. The Morgan fingerprint density at radius 2 is 1.95 bits per heavy atom. The molecule has 0 bridgehead atoms. The molecule has 0 atom stereocenters. The Hall–Kier alpha value is -1.81. The van der Waals surface area contributed by atoms with Crippen LogP contribution < -0.4 is 4.74 Å². The third-order valence-corrected chi connectivity index (χ3v) is 3.69. The fourth-order valence-corrected chi connectivity index (χ4v) is 2.35. The fourth-order valence-electron chi connectivity index (χ4n) is 1.95. The molecule has 0 aliphatic heterocycles. The first-order valence-corrected chi connectivity index (χ1v) is 7.56. The number of ether oxygens (including phenoxy) is 1. The number of halogens is 1. The Kier molecular flexibility index (Phi) is 5.39. The summed E-state index contributed by atoms with van der Waals surface area (Å²) in [7, 11) is 1.78. The SMILES string of the molecule is Cc1ccccc1OCCN(C)C(=O)c1cccc(Br)c1. The van der Waals surface area contributed by atoms with Gasteiger partial charge in [0.25, 0.3) is 5.91 Å². The number of amides is 1. The summed E-state index contributed by atoms with van der Waals surface area (Å²) < 4.78 is 6.61. The molecule has 0 fully saturated rings.